The van der Waals surface area contributed by atoms with Crippen LogP contribution in [0.1, 0.15) is 38.3 Å². The zero-order valence-electron chi connectivity index (χ0n) is 16.9. The molecule has 0 radical (unpaired) electrons. The maximum Gasteiger partial charge on any atom is 0.254 e. The number of carbonyl (C=O) groups is 2. The van der Waals surface area contributed by atoms with Gasteiger partial charge in [-0.2, -0.15) is 0 Å². The number of hydrogen-bond donors (Lipinski definition) is 1. The van der Waals surface area contributed by atoms with E-state index in [2.05, 4.69) is 10.3 Å². The summed E-state index contributed by atoms with van der Waals surface area (Å²) in [7, 11) is 1.61. The lowest BCUT2D eigenvalue weighted by molar-refractivity contribution is -0.119. The van der Waals surface area contributed by atoms with E-state index in [-0.39, 0.29) is 11.8 Å². The topological polar surface area (TPSA) is 71.5 Å². The van der Waals surface area contributed by atoms with Gasteiger partial charge in [0.15, 0.2) is 0 Å². The summed E-state index contributed by atoms with van der Waals surface area (Å²) in [5.41, 5.74) is 2.30. The van der Waals surface area contributed by atoms with Crippen LogP contribution in [0, 0.1) is 6.92 Å². The predicted octanol–water partition coefficient (Wildman–Crippen LogP) is 4.02. The van der Waals surface area contributed by atoms with Crippen molar-refractivity contribution in [2.45, 2.75) is 18.9 Å². The molecule has 1 aromatic carbocycles. The van der Waals surface area contributed by atoms with Crippen LogP contribution in [0.25, 0.3) is 0 Å². The molecule has 2 amide bonds. The highest BCUT2D eigenvalue weighted by atomic mass is 32.1. The summed E-state index contributed by atoms with van der Waals surface area (Å²) >= 11 is 1.54. The van der Waals surface area contributed by atoms with E-state index in [1.165, 1.54) is 0 Å². The van der Waals surface area contributed by atoms with Gasteiger partial charge in [0.05, 0.1) is 18.6 Å². The van der Waals surface area contributed by atoms with E-state index < -0.39 is 12.0 Å². The number of benzene rings is 1. The Morgan fingerprint density at radius 2 is 2.07 bits per heavy atom. The lowest BCUT2D eigenvalue weighted by atomic mass is 9.81. The van der Waals surface area contributed by atoms with E-state index in [4.69, 9.17) is 4.74 Å². The first-order valence-electron chi connectivity index (χ1n) is 9.76. The van der Waals surface area contributed by atoms with Gasteiger partial charge in [0, 0.05) is 30.3 Å². The van der Waals surface area contributed by atoms with Crippen LogP contribution >= 0.6 is 11.3 Å². The zero-order valence-corrected chi connectivity index (χ0v) is 17.7. The lowest BCUT2D eigenvalue weighted by Gasteiger charge is -2.41. The summed E-state index contributed by atoms with van der Waals surface area (Å²) in [6.45, 7) is 2.75. The largest absolute Gasteiger partial charge is 0.383 e. The number of ether oxygens (including phenoxy) is 1. The normalized spacial score (nSPS) is 18.2. The molecule has 0 bridgehead atoms. The molecule has 1 N–H and O–H groups in total. The molecule has 0 aliphatic carbocycles. The van der Waals surface area contributed by atoms with Crippen LogP contribution in [0.3, 0.4) is 0 Å². The Morgan fingerprint density at radius 1 is 1.23 bits per heavy atom. The molecule has 2 aromatic heterocycles. The fourth-order valence-corrected chi connectivity index (χ4v) is 4.77. The molecule has 1 aliphatic rings. The molecule has 2 atom stereocenters. The van der Waals surface area contributed by atoms with Gasteiger partial charge in [-0.3, -0.25) is 9.59 Å². The molecule has 0 saturated carbocycles. The Kier molecular flexibility index (Phi) is 5.92. The highest BCUT2D eigenvalue weighted by molar-refractivity contribution is 7.10. The number of fused-ring (bicyclic) bond motifs is 1. The molecule has 3 heterocycles. The monoisotopic (exact) mass is 421 g/mol. The fourth-order valence-electron chi connectivity index (χ4n) is 3.89. The van der Waals surface area contributed by atoms with E-state index in [0.717, 1.165) is 16.0 Å². The van der Waals surface area contributed by atoms with Gasteiger partial charge in [0.1, 0.15) is 5.82 Å². The van der Waals surface area contributed by atoms with Gasteiger partial charge in [0.25, 0.3) is 5.91 Å². The average molecular weight is 422 g/mol. The smallest absolute Gasteiger partial charge is 0.254 e. The van der Waals surface area contributed by atoms with Crippen molar-refractivity contribution in [3.63, 3.8) is 0 Å². The van der Waals surface area contributed by atoms with Crippen LogP contribution < -0.4 is 5.32 Å². The van der Waals surface area contributed by atoms with Gasteiger partial charge in [-0.25, -0.2) is 4.98 Å². The minimum atomic E-state index is -0.559. The van der Waals surface area contributed by atoms with E-state index in [0.29, 0.717) is 24.5 Å². The molecular weight excluding hydrogens is 398 g/mol. The van der Waals surface area contributed by atoms with Crippen LogP contribution in [-0.4, -0.2) is 42.0 Å². The van der Waals surface area contributed by atoms with Crippen molar-refractivity contribution in [1.29, 1.82) is 0 Å². The molecule has 0 spiro atoms. The first-order valence-corrected chi connectivity index (χ1v) is 10.6. The second-order valence-corrected chi connectivity index (χ2v) is 8.20. The molecule has 1 aliphatic heterocycles. The van der Waals surface area contributed by atoms with Gasteiger partial charge in [-0.1, -0.05) is 24.3 Å². The van der Waals surface area contributed by atoms with Crippen LogP contribution in [0.5, 0.6) is 0 Å². The van der Waals surface area contributed by atoms with E-state index >= 15 is 0 Å². The molecular formula is C23H23N3O3S. The Labute approximate surface area is 179 Å². The minimum absolute atomic E-state index is 0.0845. The van der Waals surface area contributed by atoms with Crippen LogP contribution in [0.2, 0.25) is 0 Å². The van der Waals surface area contributed by atoms with Gasteiger partial charge in [-0.15, -0.1) is 11.3 Å². The van der Waals surface area contributed by atoms with Gasteiger partial charge >= 0.3 is 0 Å². The Hall–Kier alpha value is -3.03. The maximum atomic E-state index is 13.6. The molecule has 4 rings (SSSR count). The van der Waals surface area contributed by atoms with Crippen molar-refractivity contribution >= 4 is 29.0 Å². The summed E-state index contributed by atoms with van der Waals surface area (Å²) in [6, 6.07) is 14.6. The lowest BCUT2D eigenvalue weighted by Crippen LogP contribution is -2.47. The number of methoxy groups -OCH3 is 1. The SMILES string of the molecule is COCCN1C(=O)c2ccccc2C(C(=O)Nc2cc(C)ccn2)C1c1cccs1. The molecule has 0 fully saturated rings. The number of rotatable bonds is 6. The first-order chi connectivity index (χ1) is 14.6. The summed E-state index contributed by atoms with van der Waals surface area (Å²) in [6.07, 6.45) is 1.67. The molecule has 7 heteroatoms. The Morgan fingerprint density at radius 3 is 2.80 bits per heavy atom. The van der Waals surface area contributed by atoms with Crippen molar-refractivity contribution in [2.24, 2.45) is 0 Å². The number of nitrogens with zero attached hydrogens (tertiary/aromatic N) is 2. The summed E-state index contributed by atoms with van der Waals surface area (Å²) < 4.78 is 5.25. The second-order valence-electron chi connectivity index (χ2n) is 7.22. The van der Waals surface area contributed by atoms with E-state index in [9.17, 15) is 9.59 Å². The highest BCUT2D eigenvalue weighted by Crippen LogP contribution is 2.44. The molecule has 6 nitrogen and oxygen atoms in total. The highest BCUT2D eigenvalue weighted by Gasteiger charge is 2.44. The zero-order chi connectivity index (χ0) is 21.1. The van der Waals surface area contributed by atoms with Crippen molar-refractivity contribution in [1.82, 2.24) is 9.88 Å². The number of aromatic nitrogens is 1. The third-order valence-electron chi connectivity index (χ3n) is 5.26. The van der Waals surface area contributed by atoms with Gasteiger partial charge < -0.3 is 15.0 Å². The number of anilines is 1. The molecule has 2 unspecified atom stereocenters. The van der Waals surface area contributed by atoms with Crippen LogP contribution in [0.15, 0.2) is 60.1 Å². The fraction of sp³-hybridized carbons (Fsp3) is 0.261. The number of carbonyl (C=O) groups excluding carboxylic acids is 2. The molecule has 30 heavy (non-hydrogen) atoms. The van der Waals surface area contributed by atoms with Gasteiger partial charge in [-0.05, 0) is 47.7 Å². The first kappa shape index (κ1) is 20.3. The number of pyridine rings is 1. The number of hydrogen-bond acceptors (Lipinski definition) is 5. The number of amides is 2. The Balaban J connectivity index is 1.80. The van der Waals surface area contributed by atoms with Gasteiger partial charge in [0.2, 0.25) is 5.91 Å². The maximum absolute atomic E-state index is 13.6. The van der Waals surface area contributed by atoms with Crippen molar-refractivity contribution < 1.29 is 14.3 Å². The standard InChI is InChI=1S/C23H23N3O3S/c1-15-9-10-24-19(14-15)25-22(27)20-16-6-3-4-7-17(16)23(28)26(11-12-29-2)21(20)18-8-5-13-30-18/h3-10,13-14,20-21H,11-12H2,1-2H3,(H,24,25,27). The van der Waals surface area contributed by atoms with Crippen molar-refractivity contribution in [3.8, 4) is 0 Å². The molecule has 154 valence electrons. The predicted molar refractivity (Wildman–Crippen MR) is 117 cm³/mol. The number of thiophene rings is 1. The number of nitrogens with one attached hydrogen (secondary N) is 1. The summed E-state index contributed by atoms with van der Waals surface area (Å²) in [4.78, 5) is 33.9. The second kappa shape index (κ2) is 8.77. The van der Waals surface area contributed by atoms with Crippen molar-refractivity contribution in [3.05, 3.63) is 81.7 Å². The van der Waals surface area contributed by atoms with Crippen LogP contribution in [-0.2, 0) is 9.53 Å². The Bertz CT molecular complexity index is 1050. The molecule has 3 aromatic rings. The summed E-state index contributed by atoms with van der Waals surface area (Å²) in [5, 5.41) is 4.93. The molecule has 0 saturated heterocycles. The third kappa shape index (κ3) is 3.86. The number of aryl methyl sites for hydroxylation is 1. The quantitative estimate of drug-likeness (QED) is 0.653. The van der Waals surface area contributed by atoms with Crippen molar-refractivity contribution in [2.75, 3.05) is 25.6 Å². The summed E-state index contributed by atoms with van der Waals surface area (Å²) in [5.74, 6) is -0.327. The van der Waals surface area contributed by atoms with Crippen LogP contribution in [0.4, 0.5) is 5.82 Å². The van der Waals surface area contributed by atoms with E-state index in [1.807, 2.05) is 54.8 Å². The minimum Gasteiger partial charge on any atom is -0.383 e. The average Bonchev–Trinajstić information content (AvgIpc) is 3.27. The third-order valence-corrected chi connectivity index (χ3v) is 6.20. The van der Waals surface area contributed by atoms with E-state index in [1.54, 1.807) is 35.6 Å².